The highest BCUT2D eigenvalue weighted by Gasteiger charge is 2.46. The van der Waals surface area contributed by atoms with Crippen LogP contribution in [0, 0.1) is 0 Å². The monoisotopic (exact) mass is 384 g/mol. The van der Waals surface area contributed by atoms with E-state index in [4.69, 9.17) is 22.8 Å². The predicted molar refractivity (Wildman–Crippen MR) is 93.6 cm³/mol. The van der Waals surface area contributed by atoms with E-state index in [2.05, 4.69) is 0 Å². The summed E-state index contributed by atoms with van der Waals surface area (Å²) in [6, 6.07) is 0. The molecule has 9 heteroatoms. The van der Waals surface area contributed by atoms with Gasteiger partial charge >= 0.3 is 8.80 Å². The first-order valence-corrected chi connectivity index (χ1v) is 12.3. The fourth-order valence-corrected chi connectivity index (χ4v) is 7.00. The third-order valence-electron chi connectivity index (χ3n) is 3.81. The molecule has 7 nitrogen and oxygen atoms in total. The van der Waals surface area contributed by atoms with Crippen LogP contribution in [-0.2, 0) is 32.6 Å². The Bertz CT molecular complexity index is 426. The Morgan fingerprint density at radius 1 is 1.04 bits per heavy atom. The second kappa shape index (κ2) is 10.8. The van der Waals surface area contributed by atoms with E-state index in [1.165, 1.54) is 0 Å². The molecule has 0 bridgehead atoms. The maximum absolute atomic E-state index is 11.7. The van der Waals surface area contributed by atoms with Gasteiger partial charge in [-0.1, -0.05) is 6.92 Å². The Kier molecular flexibility index (Phi) is 9.95. The van der Waals surface area contributed by atoms with E-state index in [0.29, 0.717) is 45.9 Å². The zero-order valence-corrected chi connectivity index (χ0v) is 17.1. The molecule has 0 N–H and O–H groups in total. The van der Waals surface area contributed by atoms with Crippen molar-refractivity contribution in [3.8, 4) is 0 Å². The molecular formula is C15H32O7SSi. The third kappa shape index (κ3) is 6.36. The SMILES string of the molecule is CCO[Si](OCC)(OCC)[C@@H](C)COCCO[C@H]1CCCS1(=O)=O. The Labute approximate surface area is 147 Å². The van der Waals surface area contributed by atoms with E-state index in [1.807, 2.05) is 27.7 Å². The number of rotatable bonds is 13. The number of ether oxygens (including phenoxy) is 2. The van der Waals surface area contributed by atoms with Crippen molar-refractivity contribution in [3.05, 3.63) is 0 Å². The van der Waals surface area contributed by atoms with E-state index in [-0.39, 0.29) is 17.9 Å². The van der Waals surface area contributed by atoms with Crippen molar-refractivity contribution in [1.82, 2.24) is 0 Å². The first-order chi connectivity index (χ1) is 11.4. The van der Waals surface area contributed by atoms with Crippen LogP contribution in [0.5, 0.6) is 0 Å². The lowest BCUT2D eigenvalue weighted by molar-refractivity contribution is 0.0167. The van der Waals surface area contributed by atoms with Gasteiger partial charge < -0.3 is 22.8 Å². The molecule has 0 saturated carbocycles. The molecule has 0 aromatic heterocycles. The second-order valence-corrected chi connectivity index (χ2v) is 11.0. The maximum atomic E-state index is 11.7. The van der Waals surface area contributed by atoms with Crippen LogP contribution in [0.15, 0.2) is 0 Å². The molecule has 0 aromatic carbocycles. The molecule has 0 spiro atoms. The highest BCUT2D eigenvalue weighted by molar-refractivity contribution is 7.92. The molecule has 0 unspecified atom stereocenters. The lowest BCUT2D eigenvalue weighted by Crippen LogP contribution is -2.51. The summed E-state index contributed by atoms with van der Waals surface area (Å²) in [6.07, 6.45) is 1.25. The van der Waals surface area contributed by atoms with Crippen LogP contribution in [0.2, 0.25) is 5.54 Å². The summed E-state index contributed by atoms with van der Waals surface area (Å²) in [5.41, 5.74) is -0.671. The molecule has 1 fully saturated rings. The largest absolute Gasteiger partial charge is 0.506 e. The zero-order chi connectivity index (χ0) is 18.1. The van der Waals surface area contributed by atoms with Gasteiger partial charge in [0.25, 0.3) is 0 Å². The van der Waals surface area contributed by atoms with Crippen molar-refractivity contribution in [3.63, 3.8) is 0 Å². The van der Waals surface area contributed by atoms with Crippen LogP contribution >= 0.6 is 0 Å². The minimum absolute atomic E-state index is 0.00689. The second-order valence-electron chi connectivity index (χ2n) is 5.69. The van der Waals surface area contributed by atoms with E-state index in [0.717, 1.165) is 0 Å². The van der Waals surface area contributed by atoms with E-state index >= 15 is 0 Å². The van der Waals surface area contributed by atoms with Crippen molar-refractivity contribution in [2.24, 2.45) is 0 Å². The molecule has 24 heavy (non-hydrogen) atoms. The van der Waals surface area contributed by atoms with Crippen molar-refractivity contribution in [2.45, 2.75) is 51.5 Å². The third-order valence-corrected chi connectivity index (χ3v) is 9.29. The van der Waals surface area contributed by atoms with Crippen molar-refractivity contribution in [1.29, 1.82) is 0 Å². The van der Waals surface area contributed by atoms with Crippen molar-refractivity contribution < 1.29 is 31.2 Å². The van der Waals surface area contributed by atoms with Gasteiger partial charge in [0, 0.05) is 25.4 Å². The molecule has 1 aliphatic rings. The van der Waals surface area contributed by atoms with Gasteiger partial charge in [-0.05, 0) is 33.6 Å². The minimum atomic E-state index is -3.07. The first kappa shape index (κ1) is 22.0. The Morgan fingerprint density at radius 3 is 2.08 bits per heavy atom. The van der Waals surface area contributed by atoms with Crippen LogP contribution in [0.3, 0.4) is 0 Å². The van der Waals surface area contributed by atoms with Crippen molar-refractivity contribution >= 4 is 18.6 Å². The fraction of sp³-hybridized carbons (Fsp3) is 1.00. The van der Waals surface area contributed by atoms with Gasteiger partial charge in [-0.3, -0.25) is 0 Å². The average Bonchev–Trinajstić information content (AvgIpc) is 2.86. The summed E-state index contributed by atoms with van der Waals surface area (Å²) in [7, 11) is -5.84. The van der Waals surface area contributed by atoms with E-state index in [9.17, 15) is 8.42 Å². The smallest absolute Gasteiger partial charge is 0.379 e. The average molecular weight is 385 g/mol. The van der Waals surface area contributed by atoms with Gasteiger partial charge in [0.2, 0.25) is 0 Å². The summed E-state index contributed by atoms with van der Waals surface area (Å²) in [5.74, 6) is 0.223. The Morgan fingerprint density at radius 2 is 1.62 bits per heavy atom. The van der Waals surface area contributed by atoms with E-state index in [1.54, 1.807) is 0 Å². The van der Waals surface area contributed by atoms with Gasteiger partial charge in [-0.15, -0.1) is 0 Å². The molecule has 1 rings (SSSR count). The van der Waals surface area contributed by atoms with E-state index < -0.39 is 24.1 Å². The molecule has 0 amide bonds. The molecule has 0 aromatic rings. The highest BCUT2D eigenvalue weighted by atomic mass is 32.2. The quantitative estimate of drug-likeness (QED) is 0.355. The molecule has 1 aliphatic heterocycles. The maximum Gasteiger partial charge on any atom is 0.506 e. The molecular weight excluding hydrogens is 352 g/mol. The van der Waals surface area contributed by atoms with Gasteiger partial charge in [-0.2, -0.15) is 0 Å². The molecule has 1 heterocycles. The van der Waals surface area contributed by atoms with Crippen molar-refractivity contribution in [2.75, 3.05) is 45.4 Å². The molecule has 0 aliphatic carbocycles. The van der Waals surface area contributed by atoms with Crippen LogP contribution in [0.4, 0.5) is 0 Å². The fourth-order valence-electron chi connectivity index (χ4n) is 2.71. The van der Waals surface area contributed by atoms with Gasteiger partial charge in [-0.25, -0.2) is 8.42 Å². The highest BCUT2D eigenvalue weighted by Crippen LogP contribution is 2.26. The number of sulfone groups is 1. The standard InChI is InChI=1S/C15H32O7SSi/c1-5-20-24(21-6-2,22-7-3)14(4)13-18-10-11-19-15-9-8-12-23(15,16)17/h14-15H,5-13H2,1-4H3/t14-,15+/m0/s1. The van der Waals surface area contributed by atoms with Crippen LogP contribution < -0.4 is 0 Å². The molecule has 0 radical (unpaired) electrons. The molecule has 1 saturated heterocycles. The lowest BCUT2D eigenvalue weighted by Gasteiger charge is -2.33. The summed E-state index contributed by atoms with van der Waals surface area (Å²) < 4.78 is 51.9. The van der Waals surface area contributed by atoms with Gasteiger partial charge in [0.05, 0.1) is 25.6 Å². The molecule has 2 atom stereocenters. The van der Waals surface area contributed by atoms with Crippen LogP contribution in [-0.4, -0.2) is 68.1 Å². The summed E-state index contributed by atoms with van der Waals surface area (Å²) in [4.78, 5) is 0. The Balaban J connectivity index is 2.38. The molecule has 144 valence electrons. The first-order valence-electron chi connectivity index (χ1n) is 8.74. The van der Waals surface area contributed by atoms with Gasteiger partial charge in [0.1, 0.15) is 0 Å². The number of hydrogen-bond donors (Lipinski definition) is 0. The lowest BCUT2D eigenvalue weighted by atomic mass is 10.4. The number of hydrogen-bond acceptors (Lipinski definition) is 7. The Hall–Kier alpha value is -0.0331. The van der Waals surface area contributed by atoms with Gasteiger partial charge in [0.15, 0.2) is 15.3 Å². The summed E-state index contributed by atoms with van der Waals surface area (Å²) in [5, 5.41) is 0. The predicted octanol–water partition coefficient (Wildman–Crippen LogP) is 1.99. The summed E-state index contributed by atoms with van der Waals surface area (Å²) >= 11 is 0. The normalized spacial score (nSPS) is 21.9. The summed E-state index contributed by atoms with van der Waals surface area (Å²) in [6.45, 7) is 10.4. The van der Waals surface area contributed by atoms with Crippen LogP contribution in [0.25, 0.3) is 0 Å². The zero-order valence-electron chi connectivity index (χ0n) is 15.3. The topological polar surface area (TPSA) is 80.3 Å². The minimum Gasteiger partial charge on any atom is -0.379 e. The van der Waals surface area contributed by atoms with Crippen LogP contribution in [0.1, 0.15) is 40.5 Å².